The Morgan fingerprint density at radius 1 is 1.21 bits per heavy atom. The second kappa shape index (κ2) is 12.5. The Balaban J connectivity index is 1.31. The molecule has 43 heavy (non-hydrogen) atoms. The third-order valence-corrected chi connectivity index (χ3v) is 11.4. The number of nitrogens with zero attached hydrogens (tertiary/aromatic N) is 2. The molecule has 1 saturated heterocycles. The van der Waals surface area contributed by atoms with E-state index in [9.17, 15) is 14.7 Å². The standard InChI is InChI=1S/C36H52N2O5/c1-5-18-37-19-17-36-27-15-16-28(38(22-23(2)3)32(41)14-10-9-13-25-11-7-6-8-12-25)35(36)43-34-31(42-24(4)39)21-30(40)26(33(34)36)20-29(27)37/h5,21,23,25,27-29,35,40H,1,6-20,22H2,2-4H3/t27-,28+,29+,35-,36-/m0/s1. The Morgan fingerprint density at radius 2 is 2.00 bits per heavy atom. The monoisotopic (exact) mass is 592 g/mol. The number of amides is 1. The van der Waals surface area contributed by atoms with Gasteiger partial charge in [0.25, 0.3) is 0 Å². The van der Waals surface area contributed by atoms with Gasteiger partial charge in [-0.3, -0.25) is 14.5 Å². The van der Waals surface area contributed by atoms with Gasteiger partial charge in [-0.15, -0.1) is 6.58 Å². The minimum Gasteiger partial charge on any atom is -0.508 e. The van der Waals surface area contributed by atoms with Gasteiger partial charge in [0.15, 0.2) is 11.5 Å². The van der Waals surface area contributed by atoms with Gasteiger partial charge in [0.1, 0.15) is 11.9 Å². The van der Waals surface area contributed by atoms with Gasteiger partial charge in [-0.1, -0.05) is 64.9 Å². The maximum Gasteiger partial charge on any atom is 0.308 e. The molecule has 5 aliphatic rings. The Hall–Kier alpha value is -2.54. The van der Waals surface area contributed by atoms with E-state index in [1.807, 2.05) is 6.08 Å². The van der Waals surface area contributed by atoms with E-state index < -0.39 is 5.97 Å². The third kappa shape index (κ3) is 5.49. The van der Waals surface area contributed by atoms with Crippen molar-refractivity contribution in [3.05, 3.63) is 29.8 Å². The van der Waals surface area contributed by atoms with E-state index in [2.05, 4.69) is 30.2 Å². The van der Waals surface area contributed by atoms with Crippen molar-refractivity contribution in [2.24, 2.45) is 17.8 Å². The summed E-state index contributed by atoms with van der Waals surface area (Å²) in [6, 6.07) is 1.79. The smallest absolute Gasteiger partial charge is 0.308 e. The number of likely N-dealkylation sites (tertiary alicyclic amines) is 1. The van der Waals surface area contributed by atoms with Crippen LogP contribution in [0.3, 0.4) is 0 Å². The van der Waals surface area contributed by atoms with E-state index in [-0.39, 0.29) is 35.3 Å². The minimum absolute atomic E-state index is 0.0539. The van der Waals surface area contributed by atoms with Crippen LogP contribution in [-0.2, 0) is 21.4 Å². The summed E-state index contributed by atoms with van der Waals surface area (Å²) in [5.41, 5.74) is 1.65. The first-order valence-corrected chi connectivity index (χ1v) is 17.1. The molecule has 3 fully saturated rings. The molecule has 7 heteroatoms. The van der Waals surface area contributed by atoms with Crippen LogP contribution in [0.4, 0.5) is 0 Å². The molecule has 5 atom stereocenters. The van der Waals surface area contributed by atoms with Crippen molar-refractivity contribution < 1.29 is 24.2 Å². The largest absolute Gasteiger partial charge is 0.508 e. The highest BCUT2D eigenvalue weighted by Crippen LogP contribution is 2.65. The molecule has 2 saturated carbocycles. The summed E-state index contributed by atoms with van der Waals surface area (Å²) in [5, 5.41) is 11.3. The first kappa shape index (κ1) is 30.5. The first-order valence-electron chi connectivity index (χ1n) is 17.1. The average Bonchev–Trinajstić information content (AvgIpc) is 3.32. The van der Waals surface area contributed by atoms with E-state index in [0.29, 0.717) is 36.3 Å². The van der Waals surface area contributed by atoms with Crippen LogP contribution in [0.25, 0.3) is 0 Å². The van der Waals surface area contributed by atoms with Crippen LogP contribution in [-0.4, -0.2) is 64.6 Å². The molecule has 2 heterocycles. The Bertz CT molecular complexity index is 1220. The average molecular weight is 593 g/mol. The number of hydrogen-bond donors (Lipinski definition) is 1. The summed E-state index contributed by atoms with van der Waals surface area (Å²) < 4.78 is 12.6. The molecule has 0 unspecified atom stereocenters. The van der Waals surface area contributed by atoms with Crippen molar-refractivity contribution in [1.82, 2.24) is 9.80 Å². The third-order valence-electron chi connectivity index (χ3n) is 11.4. The predicted molar refractivity (Wildman–Crippen MR) is 167 cm³/mol. The zero-order valence-electron chi connectivity index (χ0n) is 26.6. The lowest BCUT2D eigenvalue weighted by Gasteiger charge is -2.60. The molecule has 1 N–H and O–H groups in total. The van der Waals surface area contributed by atoms with Crippen molar-refractivity contribution in [1.29, 1.82) is 0 Å². The van der Waals surface area contributed by atoms with Crippen LogP contribution in [0, 0.1) is 17.8 Å². The SMILES string of the molecule is C=CCN1CC[C@]23c4c5c(O)cc(OC(C)=O)c4O[C@H]2[C@H](N(CC(C)C)C(=O)CCCCC2CCCCC2)CC[C@H]3[C@H]1C5. The number of phenolic OH excluding ortho intramolecular Hbond substituents is 1. The highest BCUT2D eigenvalue weighted by atomic mass is 16.6. The molecule has 1 amide bonds. The number of esters is 1. The van der Waals surface area contributed by atoms with Crippen molar-refractivity contribution in [2.45, 2.75) is 128 Å². The number of phenols is 1. The highest BCUT2D eigenvalue weighted by Gasteiger charge is 2.67. The summed E-state index contributed by atoms with van der Waals surface area (Å²) in [6.07, 6.45) is 16.0. The van der Waals surface area contributed by atoms with Crippen molar-refractivity contribution in [2.75, 3.05) is 19.6 Å². The molecule has 1 aromatic carbocycles. The maximum atomic E-state index is 14.1. The van der Waals surface area contributed by atoms with Crippen molar-refractivity contribution in [3.8, 4) is 17.2 Å². The predicted octanol–water partition coefficient (Wildman–Crippen LogP) is 6.54. The molecule has 236 valence electrons. The number of carbonyl (C=O) groups excluding carboxylic acids is 2. The molecule has 1 aromatic rings. The van der Waals surface area contributed by atoms with E-state index >= 15 is 0 Å². The van der Waals surface area contributed by atoms with Crippen LogP contribution in [0.1, 0.15) is 109 Å². The number of unbranched alkanes of at least 4 members (excludes halogenated alkanes) is 1. The van der Waals surface area contributed by atoms with Gasteiger partial charge in [-0.25, -0.2) is 0 Å². The van der Waals surface area contributed by atoms with Crippen molar-refractivity contribution in [3.63, 3.8) is 0 Å². The summed E-state index contributed by atoms with van der Waals surface area (Å²) in [4.78, 5) is 30.9. The van der Waals surface area contributed by atoms with Crippen LogP contribution >= 0.6 is 0 Å². The van der Waals surface area contributed by atoms with Gasteiger partial charge in [0.05, 0.1) is 6.04 Å². The number of rotatable bonds is 11. The lowest BCUT2D eigenvalue weighted by atomic mass is 9.50. The summed E-state index contributed by atoms with van der Waals surface area (Å²) in [6.45, 7) is 12.2. The number of piperidine rings is 1. The maximum absolute atomic E-state index is 14.1. The van der Waals surface area contributed by atoms with Gasteiger partial charge in [0, 0.05) is 55.1 Å². The molecule has 0 radical (unpaired) electrons. The molecule has 7 nitrogen and oxygen atoms in total. The van der Waals surface area contributed by atoms with Crippen LogP contribution in [0.5, 0.6) is 17.2 Å². The molecule has 2 bridgehead atoms. The number of benzene rings is 1. The lowest BCUT2D eigenvalue weighted by Crippen LogP contribution is -2.69. The molecule has 3 aliphatic carbocycles. The zero-order chi connectivity index (χ0) is 30.3. The topological polar surface area (TPSA) is 79.3 Å². The number of hydrogen-bond acceptors (Lipinski definition) is 6. The molecule has 0 aromatic heterocycles. The van der Waals surface area contributed by atoms with E-state index in [1.165, 1.54) is 45.4 Å². The fraction of sp³-hybridized carbons (Fsp3) is 0.722. The molecular weight excluding hydrogens is 540 g/mol. The molecule has 2 aliphatic heterocycles. The fourth-order valence-corrected chi connectivity index (χ4v) is 9.74. The Morgan fingerprint density at radius 3 is 2.72 bits per heavy atom. The molecule has 6 rings (SSSR count). The lowest BCUT2D eigenvalue weighted by molar-refractivity contribution is -0.143. The second-order valence-electron chi connectivity index (χ2n) is 14.5. The number of carbonyl (C=O) groups is 2. The Labute approximate surface area is 258 Å². The minimum atomic E-state index is -0.431. The number of aromatic hydroxyl groups is 1. The van der Waals surface area contributed by atoms with E-state index in [4.69, 9.17) is 9.47 Å². The quantitative estimate of drug-likeness (QED) is 0.136. The fourth-order valence-electron chi connectivity index (χ4n) is 9.74. The van der Waals surface area contributed by atoms with Gasteiger partial charge >= 0.3 is 5.97 Å². The summed E-state index contributed by atoms with van der Waals surface area (Å²) in [7, 11) is 0. The van der Waals surface area contributed by atoms with Crippen LogP contribution in [0.2, 0.25) is 0 Å². The van der Waals surface area contributed by atoms with Gasteiger partial charge in [0.2, 0.25) is 5.91 Å². The molecular formula is C36H52N2O5. The second-order valence-corrected chi connectivity index (χ2v) is 14.5. The molecule has 1 spiro atoms. The first-order chi connectivity index (χ1) is 20.7. The summed E-state index contributed by atoms with van der Waals surface area (Å²) >= 11 is 0. The van der Waals surface area contributed by atoms with Crippen molar-refractivity contribution >= 4 is 11.9 Å². The summed E-state index contributed by atoms with van der Waals surface area (Å²) in [5.74, 6) is 2.45. The van der Waals surface area contributed by atoms with Gasteiger partial charge < -0.3 is 19.5 Å². The van der Waals surface area contributed by atoms with Gasteiger partial charge in [-0.2, -0.15) is 0 Å². The highest BCUT2D eigenvalue weighted by molar-refractivity contribution is 5.77. The zero-order valence-corrected chi connectivity index (χ0v) is 26.6. The Kier molecular flexibility index (Phi) is 8.83. The number of ether oxygens (including phenoxy) is 2. The van der Waals surface area contributed by atoms with Crippen LogP contribution < -0.4 is 9.47 Å². The normalized spacial score (nSPS) is 29.6. The van der Waals surface area contributed by atoms with Crippen LogP contribution in [0.15, 0.2) is 18.7 Å². The van der Waals surface area contributed by atoms with E-state index in [0.717, 1.165) is 68.7 Å². The van der Waals surface area contributed by atoms with E-state index in [1.54, 1.807) is 6.07 Å². The van der Waals surface area contributed by atoms with Gasteiger partial charge in [-0.05, 0) is 56.4 Å².